The predicted molar refractivity (Wildman–Crippen MR) is 72.2 cm³/mol. The van der Waals surface area contributed by atoms with E-state index in [1.54, 1.807) is 6.92 Å². The van der Waals surface area contributed by atoms with Crippen molar-refractivity contribution in [2.45, 2.75) is 30.9 Å². The number of ether oxygens (including phenoxy) is 1. The highest BCUT2D eigenvalue weighted by atomic mass is 16.5. The van der Waals surface area contributed by atoms with Gasteiger partial charge in [-0.2, -0.15) is 4.98 Å². The van der Waals surface area contributed by atoms with Crippen LogP contribution in [0.4, 0.5) is 5.95 Å². The maximum atomic E-state index is 11.8. The van der Waals surface area contributed by atoms with Crippen LogP contribution in [-0.4, -0.2) is 54.1 Å². The molecule has 0 aromatic carbocycles. The summed E-state index contributed by atoms with van der Waals surface area (Å²) in [5.74, 6) is -0.0646. The Morgan fingerprint density at radius 1 is 1.62 bits per heavy atom. The van der Waals surface area contributed by atoms with Crippen molar-refractivity contribution >= 4 is 17.1 Å². The first kappa shape index (κ1) is 13.9. The number of imidazole rings is 1. The van der Waals surface area contributed by atoms with Crippen LogP contribution in [0, 0.1) is 0 Å². The second-order valence-electron chi connectivity index (χ2n) is 5.30. The van der Waals surface area contributed by atoms with Crippen LogP contribution in [0.5, 0.6) is 0 Å². The molecule has 1 saturated heterocycles. The number of fused-ring (bicyclic) bond motifs is 1. The van der Waals surface area contributed by atoms with E-state index in [1.807, 2.05) is 0 Å². The number of hydrogen-bond acceptors (Lipinski definition) is 8. The Morgan fingerprint density at radius 2 is 2.33 bits per heavy atom. The maximum Gasteiger partial charge on any atom is 0.280 e. The normalized spacial score (nSPS) is 32.9. The third kappa shape index (κ3) is 1.92. The van der Waals surface area contributed by atoms with E-state index in [-0.39, 0.29) is 23.7 Å². The van der Waals surface area contributed by atoms with Gasteiger partial charge in [-0.05, 0) is 6.92 Å². The number of nitrogen functional groups attached to an aromatic ring is 1. The third-order valence-corrected chi connectivity index (χ3v) is 3.71. The summed E-state index contributed by atoms with van der Waals surface area (Å²) in [4.78, 5) is 22.1. The zero-order valence-electron chi connectivity index (χ0n) is 11.2. The highest BCUT2D eigenvalue weighted by Crippen LogP contribution is 2.37. The smallest absolute Gasteiger partial charge is 0.280 e. The summed E-state index contributed by atoms with van der Waals surface area (Å²) in [6.07, 6.45) is -1.41. The zero-order chi connectivity index (χ0) is 15.4. The van der Waals surface area contributed by atoms with E-state index >= 15 is 0 Å². The highest BCUT2D eigenvalue weighted by Gasteiger charge is 2.51. The summed E-state index contributed by atoms with van der Waals surface area (Å²) in [5, 5.41) is 19.3. The van der Waals surface area contributed by atoms with Gasteiger partial charge >= 0.3 is 0 Å². The van der Waals surface area contributed by atoms with Crippen molar-refractivity contribution in [3.63, 3.8) is 0 Å². The molecule has 0 bridgehead atoms. The third-order valence-electron chi connectivity index (χ3n) is 3.71. The van der Waals surface area contributed by atoms with Crippen molar-refractivity contribution in [1.82, 2.24) is 19.5 Å². The van der Waals surface area contributed by atoms with E-state index in [0.717, 1.165) is 0 Å². The number of nitrogens with zero attached hydrogens (tertiary/aromatic N) is 3. The van der Waals surface area contributed by atoms with Crippen LogP contribution < -0.4 is 17.0 Å². The van der Waals surface area contributed by atoms with Gasteiger partial charge < -0.3 is 26.4 Å². The lowest BCUT2D eigenvalue weighted by molar-refractivity contribution is -0.0455. The van der Waals surface area contributed by atoms with Gasteiger partial charge in [0.15, 0.2) is 17.4 Å². The zero-order valence-corrected chi connectivity index (χ0v) is 11.2. The Morgan fingerprint density at radius 3 is 2.95 bits per heavy atom. The van der Waals surface area contributed by atoms with Crippen LogP contribution >= 0.6 is 0 Å². The molecule has 2 aromatic heterocycles. The van der Waals surface area contributed by atoms with Crippen molar-refractivity contribution in [3.8, 4) is 0 Å². The molecular formula is C11H16N6O4. The maximum absolute atomic E-state index is 11.8. The van der Waals surface area contributed by atoms with Crippen molar-refractivity contribution in [2.75, 3.05) is 12.3 Å². The fourth-order valence-corrected chi connectivity index (χ4v) is 2.56. The summed E-state index contributed by atoms with van der Waals surface area (Å²) >= 11 is 0. The fourth-order valence-electron chi connectivity index (χ4n) is 2.56. The molecule has 2 aromatic rings. The molecule has 21 heavy (non-hydrogen) atoms. The standard InChI is InChI=1S/C11H16N6O4/c1-11(13)6(19)4(2-18)21-9(11)17-3-14-5-7(17)15-10(12)16-8(5)20/h3-4,6,9,18-19H,2,13H2,1H3,(H3,12,15,16,20). The lowest BCUT2D eigenvalue weighted by atomic mass is 9.93. The number of nitrogens with two attached hydrogens (primary N) is 2. The van der Waals surface area contributed by atoms with Gasteiger partial charge in [0, 0.05) is 0 Å². The SMILES string of the molecule is CC1(N)C(O)C(CO)OC1n1cnc2c(=O)[nH]c(N)nc21. The molecule has 1 fully saturated rings. The van der Waals surface area contributed by atoms with Gasteiger partial charge in [0.25, 0.3) is 5.56 Å². The van der Waals surface area contributed by atoms with Gasteiger partial charge in [-0.1, -0.05) is 0 Å². The van der Waals surface area contributed by atoms with Crippen molar-refractivity contribution in [1.29, 1.82) is 0 Å². The Hall–Kier alpha value is -2.01. The Bertz CT molecular complexity index is 738. The van der Waals surface area contributed by atoms with Crippen LogP contribution in [0.1, 0.15) is 13.2 Å². The second-order valence-corrected chi connectivity index (χ2v) is 5.30. The minimum atomic E-state index is -1.19. The van der Waals surface area contributed by atoms with Crippen LogP contribution in [0.2, 0.25) is 0 Å². The number of hydrogen-bond donors (Lipinski definition) is 5. The number of aliphatic hydroxyl groups is 2. The van der Waals surface area contributed by atoms with E-state index in [0.29, 0.717) is 0 Å². The quantitative estimate of drug-likeness (QED) is 0.411. The van der Waals surface area contributed by atoms with E-state index in [4.69, 9.17) is 16.2 Å². The van der Waals surface area contributed by atoms with Crippen LogP contribution in [0.3, 0.4) is 0 Å². The fraction of sp³-hybridized carbons (Fsp3) is 0.545. The lowest BCUT2D eigenvalue weighted by Crippen LogP contribution is -2.52. The minimum absolute atomic E-state index is 0.0646. The van der Waals surface area contributed by atoms with Gasteiger partial charge in [-0.3, -0.25) is 14.3 Å². The first-order valence-electron chi connectivity index (χ1n) is 6.32. The molecule has 0 saturated carbocycles. The first-order chi connectivity index (χ1) is 9.86. The summed E-state index contributed by atoms with van der Waals surface area (Å²) < 4.78 is 7.01. The number of aromatic nitrogens is 4. The summed E-state index contributed by atoms with van der Waals surface area (Å²) in [5.41, 5.74) is 10.3. The first-order valence-corrected chi connectivity index (χ1v) is 6.32. The van der Waals surface area contributed by atoms with Crippen LogP contribution in [0.15, 0.2) is 11.1 Å². The monoisotopic (exact) mass is 296 g/mol. The Balaban J connectivity index is 2.15. The largest absolute Gasteiger partial charge is 0.394 e. The molecular weight excluding hydrogens is 280 g/mol. The average molecular weight is 296 g/mol. The van der Waals surface area contributed by atoms with Crippen LogP contribution in [-0.2, 0) is 4.74 Å². The molecule has 0 spiro atoms. The van der Waals surface area contributed by atoms with Gasteiger partial charge in [-0.25, -0.2) is 4.98 Å². The molecule has 10 heteroatoms. The second kappa shape index (κ2) is 4.49. The summed E-state index contributed by atoms with van der Waals surface area (Å²) in [6, 6.07) is 0. The predicted octanol–water partition coefficient (Wildman–Crippen LogP) is -2.33. The van der Waals surface area contributed by atoms with Gasteiger partial charge in [0.1, 0.15) is 12.2 Å². The average Bonchev–Trinajstić information content (AvgIpc) is 2.91. The molecule has 4 atom stereocenters. The number of rotatable bonds is 2. The van der Waals surface area contributed by atoms with Gasteiger partial charge in [0.05, 0.1) is 18.5 Å². The molecule has 0 amide bonds. The molecule has 0 aliphatic carbocycles. The number of nitrogens with one attached hydrogen (secondary N) is 1. The van der Waals surface area contributed by atoms with E-state index in [9.17, 15) is 15.0 Å². The summed E-state index contributed by atoms with van der Waals surface area (Å²) in [6.45, 7) is 1.20. The molecule has 3 heterocycles. The van der Waals surface area contributed by atoms with E-state index < -0.39 is 29.5 Å². The number of H-pyrrole nitrogens is 1. The molecule has 4 unspecified atom stereocenters. The van der Waals surface area contributed by atoms with Crippen molar-refractivity contribution < 1.29 is 14.9 Å². The minimum Gasteiger partial charge on any atom is -0.394 e. The number of anilines is 1. The molecule has 0 radical (unpaired) electrons. The van der Waals surface area contributed by atoms with Crippen molar-refractivity contribution in [2.24, 2.45) is 5.73 Å². The Labute approximate surface area is 118 Å². The molecule has 1 aliphatic heterocycles. The Kier molecular flexibility index (Phi) is 2.99. The molecule has 1 aliphatic rings. The number of aliphatic hydroxyl groups excluding tert-OH is 2. The molecule has 114 valence electrons. The molecule has 10 nitrogen and oxygen atoms in total. The summed E-state index contributed by atoms with van der Waals surface area (Å²) in [7, 11) is 0. The molecule has 3 rings (SSSR count). The molecule has 7 N–H and O–H groups in total. The van der Waals surface area contributed by atoms with Gasteiger partial charge in [0.2, 0.25) is 5.95 Å². The lowest BCUT2D eigenvalue weighted by Gasteiger charge is -2.28. The van der Waals surface area contributed by atoms with Crippen LogP contribution in [0.25, 0.3) is 11.2 Å². The van der Waals surface area contributed by atoms with Gasteiger partial charge in [-0.15, -0.1) is 0 Å². The van der Waals surface area contributed by atoms with Crippen molar-refractivity contribution in [3.05, 3.63) is 16.7 Å². The number of aromatic amines is 1. The van der Waals surface area contributed by atoms with E-state index in [1.165, 1.54) is 10.9 Å². The highest BCUT2D eigenvalue weighted by molar-refractivity contribution is 5.70. The van der Waals surface area contributed by atoms with E-state index in [2.05, 4.69) is 15.0 Å². The topological polar surface area (TPSA) is 165 Å².